The zero-order chi connectivity index (χ0) is 15.8. The highest BCUT2D eigenvalue weighted by Crippen LogP contribution is 2.30. The van der Waals surface area contributed by atoms with Gasteiger partial charge in [0.05, 0.1) is 13.1 Å². The molecule has 1 amide bonds. The van der Waals surface area contributed by atoms with Crippen LogP contribution in [-0.2, 0) is 11.2 Å². The number of halogens is 2. The molecule has 1 aromatic rings. The fraction of sp³-hybridized carbons (Fsp3) is 0.533. The fourth-order valence-electron chi connectivity index (χ4n) is 2.25. The molecular formula is C15H19BrClNO3. The number of nitrogens with zero attached hydrogens (tertiary/aromatic N) is 1. The Bertz CT molecular complexity index is 550. The topological polar surface area (TPSA) is 49.8 Å². The first-order chi connectivity index (χ1) is 9.58. The van der Waals surface area contributed by atoms with Crippen LogP contribution in [0.3, 0.4) is 0 Å². The van der Waals surface area contributed by atoms with Gasteiger partial charge in [-0.1, -0.05) is 33.6 Å². The lowest BCUT2D eigenvalue weighted by molar-refractivity contribution is -0.0973. The Balaban J connectivity index is 1.94. The second-order valence-corrected chi connectivity index (χ2v) is 7.80. The molecule has 1 aliphatic heterocycles. The van der Waals surface area contributed by atoms with E-state index in [1.807, 2.05) is 32.9 Å². The molecule has 0 aliphatic carbocycles. The average Bonchev–Trinajstić information content (AvgIpc) is 2.27. The third kappa shape index (κ3) is 4.34. The van der Waals surface area contributed by atoms with Crippen molar-refractivity contribution in [2.75, 3.05) is 13.1 Å². The highest BCUT2D eigenvalue weighted by Gasteiger charge is 2.45. The summed E-state index contributed by atoms with van der Waals surface area (Å²) in [5.41, 5.74) is -0.597. The van der Waals surface area contributed by atoms with Crippen molar-refractivity contribution in [3.8, 4) is 0 Å². The number of β-amino-alcohol motifs (C(OH)–C–C–N with tert-alkyl or cyclic N) is 1. The molecule has 0 spiro atoms. The van der Waals surface area contributed by atoms with Crippen molar-refractivity contribution >= 4 is 33.6 Å². The second kappa shape index (κ2) is 5.78. The summed E-state index contributed by atoms with van der Waals surface area (Å²) < 4.78 is 6.16. The Morgan fingerprint density at radius 1 is 1.48 bits per heavy atom. The van der Waals surface area contributed by atoms with Gasteiger partial charge in [0.25, 0.3) is 0 Å². The Morgan fingerprint density at radius 3 is 2.62 bits per heavy atom. The first kappa shape index (κ1) is 16.6. The van der Waals surface area contributed by atoms with Gasteiger partial charge in [0.2, 0.25) is 0 Å². The molecule has 0 atom stereocenters. The lowest BCUT2D eigenvalue weighted by Crippen LogP contribution is -2.65. The van der Waals surface area contributed by atoms with Crippen LogP contribution in [0.5, 0.6) is 0 Å². The molecule has 0 bridgehead atoms. The molecule has 6 heteroatoms. The van der Waals surface area contributed by atoms with Crippen LogP contribution in [0.4, 0.5) is 4.79 Å². The first-order valence-electron chi connectivity index (χ1n) is 6.72. The summed E-state index contributed by atoms with van der Waals surface area (Å²) in [6.07, 6.45) is 0.0207. The van der Waals surface area contributed by atoms with E-state index in [-0.39, 0.29) is 13.1 Å². The number of ether oxygens (including phenoxy) is 1. The summed E-state index contributed by atoms with van der Waals surface area (Å²) in [6, 6.07) is 5.56. The van der Waals surface area contributed by atoms with Crippen molar-refractivity contribution in [1.82, 2.24) is 4.90 Å². The monoisotopic (exact) mass is 375 g/mol. The second-order valence-electron chi connectivity index (χ2n) is 6.47. The van der Waals surface area contributed by atoms with Crippen molar-refractivity contribution in [1.29, 1.82) is 0 Å². The van der Waals surface area contributed by atoms with Gasteiger partial charge in [0.15, 0.2) is 0 Å². The number of aliphatic hydroxyl groups is 1. The third-order valence-electron chi connectivity index (χ3n) is 3.16. The SMILES string of the molecule is CC(C)(C)OC(=O)N1CC(O)(Cc2ccc(Br)cc2Cl)C1. The van der Waals surface area contributed by atoms with E-state index in [2.05, 4.69) is 15.9 Å². The minimum absolute atomic E-state index is 0.258. The molecule has 2 rings (SSSR count). The average molecular weight is 377 g/mol. The predicted octanol–water partition coefficient (Wildman–Crippen LogP) is 3.63. The molecule has 0 aromatic heterocycles. The molecule has 0 unspecified atom stereocenters. The first-order valence-corrected chi connectivity index (χ1v) is 7.89. The van der Waals surface area contributed by atoms with Crippen LogP contribution in [0.2, 0.25) is 5.02 Å². The zero-order valence-electron chi connectivity index (χ0n) is 12.3. The van der Waals surface area contributed by atoms with Crippen LogP contribution in [0.15, 0.2) is 22.7 Å². The molecule has 1 saturated heterocycles. The minimum Gasteiger partial charge on any atom is -0.444 e. The van der Waals surface area contributed by atoms with Gasteiger partial charge in [-0.2, -0.15) is 0 Å². The number of hydrogen-bond donors (Lipinski definition) is 1. The Morgan fingerprint density at radius 2 is 2.10 bits per heavy atom. The molecule has 116 valence electrons. The van der Waals surface area contributed by atoms with E-state index in [0.29, 0.717) is 11.4 Å². The van der Waals surface area contributed by atoms with E-state index < -0.39 is 17.3 Å². The van der Waals surface area contributed by atoms with Gasteiger partial charge in [0.1, 0.15) is 11.2 Å². The van der Waals surface area contributed by atoms with Crippen LogP contribution in [-0.4, -0.2) is 40.4 Å². The Kier molecular flexibility index (Phi) is 4.57. The van der Waals surface area contributed by atoms with Crippen LogP contribution in [0, 0.1) is 0 Å². The molecule has 1 fully saturated rings. The highest BCUT2D eigenvalue weighted by atomic mass is 79.9. The maximum atomic E-state index is 11.9. The molecule has 1 aliphatic rings. The summed E-state index contributed by atoms with van der Waals surface area (Å²) in [5, 5.41) is 11.1. The Hall–Kier alpha value is -0.780. The Labute approximate surface area is 138 Å². The summed E-state index contributed by atoms with van der Waals surface area (Å²) in [5.74, 6) is 0. The summed E-state index contributed by atoms with van der Waals surface area (Å²) >= 11 is 9.50. The number of carbonyl (C=O) groups is 1. The van der Waals surface area contributed by atoms with Crippen LogP contribution < -0.4 is 0 Å². The van der Waals surface area contributed by atoms with Crippen molar-refractivity contribution in [3.05, 3.63) is 33.3 Å². The number of likely N-dealkylation sites (tertiary alicyclic amines) is 1. The summed E-state index contributed by atoms with van der Waals surface area (Å²) in [4.78, 5) is 13.4. The molecule has 21 heavy (non-hydrogen) atoms. The van der Waals surface area contributed by atoms with E-state index in [1.165, 1.54) is 4.90 Å². The van der Waals surface area contributed by atoms with Gasteiger partial charge in [0, 0.05) is 15.9 Å². The molecule has 4 nitrogen and oxygen atoms in total. The maximum absolute atomic E-state index is 11.9. The number of hydrogen-bond acceptors (Lipinski definition) is 3. The maximum Gasteiger partial charge on any atom is 0.410 e. The van der Waals surface area contributed by atoms with Gasteiger partial charge < -0.3 is 14.7 Å². The highest BCUT2D eigenvalue weighted by molar-refractivity contribution is 9.10. The summed E-state index contributed by atoms with van der Waals surface area (Å²) in [6.45, 7) is 5.97. The van der Waals surface area contributed by atoms with E-state index in [9.17, 15) is 9.90 Å². The largest absolute Gasteiger partial charge is 0.444 e. The molecule has 0 radical (unpaired) electrons. The summed E-state index contributed by atoms with van der Waals surface area (Å²) in [7, 11) is 0. The third-order valence-corrected chi connectivity index (χ3v) is 4.00. The van der Waals surface area contributed by atoms with Gasteiger partial charge in [-0.05, 0) is 38.5 Å². The predicted molar refractivity (Wildman–Crippen MR) is 85.6 cm³/mol. The standard InChI is InChI=1S/C15H19BrClNO3/c1-14(2,3)21-13(19)18-8-15(20,9-18)7-10-4-5-11(16)6-12(10)17/h4-6,20H,7-9H2,1-3H3. The van der Waals surface area contributed by atoms with Gasteiger partial charge in [-0.25, -0.2) is 4.79 Å². The van der Waals surface area contributed by atoms with Gasteiger partial charge in [-0.15, -0.1) is 0 Å². The van der Waals surface area contributed by atoms with Crippen LogP contribution in [0.1, 0.15) is 26.3 Å². The number of amides is 1. The fourth-order valence-corrected chi connectivity index (χ4v) is 2.99. The zero-order valence-corrected chi connectivity index (χ0v) is 14.7. The smallest absolute Gasteiger partial charge is 0.410 e. The molecule has 1 N–H and O–H groups in total. The van der Waals surface area contributed by atoms with Gasteiger partial charge in [-0.3, -0.25) is 0 Å². The van der Waals surface area contributed by atoms with Crippen molar-refractivity contribution < 1.29 is 14.6 Å². The molecular weight excluding hydrogens is 358 g/mol. The number of carbonyl (C=O) groups excluding carboxylic acids is 1. The molecule has 0 saturated carbocycles. The lowest BCUT2D eigenvalue weighted by atomic mass is 9.87. The van der Waals surface area contributed by atoms with Crippen molar-refractivity contribution in [2.45, 2.75) is 38.4 Å². The van der Waals surface area contributed by atoms with E-state index in [1.54, 1.807) is 6.07 Å². The van der Waals surface area contributed by atoms with E-state index in [4.69, 9.17) is 16.3 Å². The quantitative estimate of drug-likeness (QED) is 0.857. The lowest BCUT2D eigenvalue weighted by Gasteiger charge is -2.46. The molecule has 1 heterocycles. The van der Waals surface area contributed by atoms with Crippen molar-refractivity contribution in [2.24, 2.45) is 0 Å². The number of rotatable bonds is 2. The van der Waals surface area contributed by atoms with Crippen molar-refractivity contribution in [3.63, 3.8) is 0 Å². The number of benzene rings is 1. The van der Waals surface area contributed by atoms with E-state index in [0.717, 1.165) is 10.0 Å². The normalized spacial score (nSPS) is 17.3. The van der Waals surface area contributed by atoms with E-state index >= 15 is 0 Å². The van der Waals surface area contributed by atoms with Crippen LogP contribution in [0.25, 0.3) is 0 Å². The van der Waals surface area contributed by atoms with Crippen LogP contribution >= 0.6 is 27.5 Å². The molecule has 1 aromatic carbocycles. The minimum atomic E-state index is -0.936. The van der Waals surface area contributed by atoms with Gasteiger partial charge >= 0.3 is 6.09 Å².